The fourth-order valence-corrected chi connectivity index (χ4v) is 3.81. The summed E-state index contributed by atoms with van der Waals surface area (Å²) >= 11 is 1.31. The number of rotatable bonds is 5. The lowest BCUT2D eigenvalue weighted by atomic mass is 9.91. The number of ether oxygens (including phenoxy) is 1. The minimum absolute atomic E-state index is 0.0622. The average molecular weight is 364 g/mol. The number of carbonyl (C=O) groups is 1. The summed E-state index contributed by atoms with van der Waals surface area (Å²) in [4.78, 5) is 13.7. The molecule has 0 spiro atoms. The first-order valence-electron chi connectivity index (χ1n) is 8.85. The Kier molecular flexibility index (Phi) is 5.23. The predicted molar refractivity (Wildman–Crippen MR) is 105 cm³/mol. The normalized spacial score (nSPS) is 15.1. The second-order valence-corrected chi connectivity index (χ2v) is 7.26. The molecule has 1 heterocycles. The fourth-order valence-electron chi connectivity index (χ4n) is 3.21. The van der Waals surface area contributed by atoms with Gasteiger partial charge in [-0.15, -0.1) is 0 Å². The molecule has 3 aromatic carbocycles. The van der Waals surface area contributed by atoms with E-state index in [9.17, 15) is 4.79 Å². The molecule has 1 saturated heterocycles. The zero-order valence-electron chi connectivity index (χ0n) is 14.4. The number of hydrogen-bond donors (Lipinski definition) is 0. The third-order valence-electron chi connectivity index (χ3n) is 4.67. The summed E-state index contributed by atoms with van der Waals surface area (Å²) in [6.07, 6.45) is 1.60. The van der Waals surface area contributed by atoms with E-state index in [1.807, 2.05) is 42.5 Å². The monoisotopic (exact) mass is 364 g/mol. The van der Waals surface area contributed by atoms with Gasteiger partial charge in [0.1, 0.15) is 5.75 Å². The summed E-state index contributed by atoms with van der Waals surface area (Å²) in [5.74, 6) is 0.947. The van der Waals surface area contributed by atoms with Crippen LogP contribution in [0.3, 0.4) is 0 Å². The van der Waals surface area contributed by atoms with E-state index in [4.69, 9.17) is 8.92 Å². The van der Waals surface area contributed by atoms with E-state index in [1.165, 1.54) is 22.8 Å². The van der Waals surface area contributed by atoms with Gasteiger partial charge in [-0.3, -0.25) is 4.79 Å². The van der Waals surface area contributed by atoms with Crippen LogP contribution >= 0.6 is 12.0 Å². The van der Waals surface area contributed by atoms with Gasteiger partial charge in [-0.2, -0.15) is 0 Å². The van der Waals surface area contributed by atoms with Crippen molar-refractivity contribution in [2.24, 2.45) is 5.92 Å². The van der Waals surface area contributed by atoms with E-state index < -0.39 is 0 Å². The molecule has 0 radical (unpaired) electrons. The largest absolute Gasteiger partial charge is 0.421 e. The van der Waals surface area contributed by atoms with E-state index in [-0.39, 0.29) is 11.7 Å². The first-order valence-corrected chi connectivity index (χ1v) is 9.59. The van der Waals surface area contributed by atoms with Crippen molar-refractivity contribution >= 4 is 28.6 Å². The van der Waals surface area contributed by atoms with Gasteiger partial charge in [0.25, 0.3) is 0 Å². The predicted octanol–water partition coefficient (Wildman–Crippen LogP) is 5.54. The van der Waals surface area contributed by atoms with Crippen molar-refractivity contribution in [2.75, 3.05) is 13.2 Å². The van der Waals surface area contributed by atoms with Crippen molar-refractivity contribution in [3.8, 4) is 5.75 Å². The van der Waals surface area contributed by atoms with Crippen LogP contribution in [0.5, 0.6) is 5.75 Å². The molecular weight excluding hydrogens is 344 g/mol. The molecule has 0 amide bonds. The molecule has 0 atom stereocenters. The molecule has 4 rings (SSSR count). The van der Waals surface area contributed by atoms with Crippen molar-refractivity contribution in [3.05, 3.63) is 72.3 Å². The lowest BCUT2D eigenvalue weighted by Gasteiger charge is -2.20. The molecule has 26 heavy (non-hydrogen) atoms. The minimum atomic E-state index is 0.0622. The molecule has 1 aliphatic heterocycles. The van der Waals surface area contributed by atoms with Gasteiger partial charge < -0.3 is 8.92 Å². The van der Waals surface area contributed by atoms with Gasteiger partial charge >= 0.3 is 0 Å². The Labute approximate surface area is 157 Å². The summed E-state index contributed by atoms with van der Waals surface area (Å²) < 4.78 is 11.2. The highest BCUT2D eigenvalue weighted by atomic mass is 32.2. The molecule has 0 saturated carbocycles. The van der Waals surface area contributed by atoms with Crippen LogP contribution in [0.2, 0.25) is 0 Å². The Hall–Kier alpha value is -2.30. The summed E-state index contributed by atoms with van der Waals surface area (Å²) in [7, 11) is 0. The first kappa shape index (κ1) is 17.1. The van der Waals surface area contributed by atoms with Gasteiger partial charge in [0.2, 0.25) is 0 Å². The van der Waals surface area contributed by atoms with E-state index in [2.05, 4.69) is 24.3 Å². The van der Waals surface area contributed by atoms with Crippen LogP contribution in [0.4, 0.5) is 0 Å². The van der Waals surface area contributed by atoms with Gasteiger partial charge in [0, 0.05) is 29.6 Å². The molecular formula is C22H20O3S. The maximum Gasteiger partial charge on any atom is 0.166 e. The van der Waals surface area contributed by atoms with Crippen LogP contribution in [-0.2, 0) is 4.74 Å². The number of ketones is 1. The van der Waals surface area contributed by atoms with E-state index >= 15 is 0 Å². The molecule has 0 unspecified atom stereocenters. The Morgan fingerprint density at radius 3 is 2.58 bits per heavy atom. The zero-order valence-corrected chi connectivity index (χ0v) is 15.2. The van der Waals surface area contributed by atoms with Gasteiger partial charge in [0.15, 0.2) is 5.78 Å². The van der Waals surface area contributed by atoms with Gasteiger partial charge in [-0.05, 0) is 47.9 Å². The highest BCUT2D eigenvalue weighted by Gasteiger charge is 2.23. The van der Waals surface area contributed by atoms with Crippen LogP contribution < -0.4 is 4.18 Å². The molecule has 1 aliphatic rings. The molecule has 0 aliphatic carbocycles. The standard InChI is InChI=1S/C22H20O3S/c23-22(17-10-12-24-13-11-17)19-6-3-7-20(14-19)25-26-21-9-8-16-4-1-2-5-18(16)15-21/h1-9,14-15,17H,10-13H2. The van der Waals surface area contributed by atoms with Gasteiger partial charge in [-0.1, -0.05) is 42.5 Å². The van der Waals surface area contributed by atoms with E-state index in [1.54, 1.807) is 0 Å². The Bertz CT molecular complexity index is 916. The molecule has 132 valence electrons. The third-order valence-corrected chi connectivity index (χ3v) is 5.39. The third kappa shape index (κ3) is 3.92. The topological polar surface area (TPSA) is 35.5 Å². The fraction of sp³-hybridized carbons (Fsp3) is 0.227. The number of carbonyl (C=O) groups excluding carboxylic acids is 1. The SMILES string of the molecule is O=C(c1cccc(OSc2ccc3ccccc3c2)c1)C1CCOCC1. The number of Topliss-reactive ketones (excluding diaryl/α,β-unsaturated/α-hetero) is 1. The van der Waals surface area contributed by atoms with Crippen LogP contribution in [0.15, 0.2) is 71.6 Å². The summed E-state index contributed by atoms with van der Waals surface area (Å²) in [5, 5.41) is 2.39. The summed E-state index contributed by atoms with van der Waals surface area (Å²) in [6.45, 7) is 1.34. The quantitative estimate of drug-likeness (QED) is 0.440. The molecule has 0 N–H and O–H groups in total. The summed E-state index contributed by atoms with van der Waals surface area (Å²) in [6, 6.07) is 22.0. The van der Waals surface area contributed by atoms with Gasteiger partial charge in [-0.25, -0.2) is 0 Å². The highest BCUT2D eigenvalue weighted by Crippen LogP contribution is 2.28. The first-order chi connectivity index (χ1) is 12.8. The van der Waals surface area contributed by atoms with Crippen LogP contribution in [-0.4, -0.2) is 19.0 Å². The lowest BCUT2D eigenvalue weighted by Crippen LogP contribution is -2.23. The van der Waals surface area contributed by atoms with Crippen molar-refractivity contribution in [2.45, 2.75) is 17.7 Å². The van der Waals surface area contributed by atoms with Crippen molar-refractivity contribution < 1.29 is 13.7 Å². The molecule has 1 fully saturated rings. The molecule has 3 nitrogen and oxygen atoms in total. The molecule has 0 aromatic heterocycles. The number of benzene rings is 3. The van der Waals surface area contributed by atoms with Crippen molar-refractivity contribution in [1.29, 1.82) is 0 Å². The maximum atomic E-state index is 12.7. The number of hydrogen-bond acceptors (Lipinski definition) is 4. The Morgan fingerprint density at radius 2 is 1.73 bits per heavy atom. The minimum Gasteiger partial charge on any atom is -0.421 e. The van der Waals surface area contributed by atoms with Crippen LogP contribution in [0.1, 0.15) is 23.2 Å². The number of fused-ring (bicyclic) bond motifs is 1. The van der Waals surface area contributed by atoms with Crippen LogP contribution in [0.25, 0.3) is 10.8 Å². The van der Waals surface area contributed by atoms with Crippen molar-refractivity contribution in [3.63, 3.8) is 0 Å². The zero-order chi connectivity index (χ0) is 17.8. The van der Waals surface area contributed by atoms with E-state index in [0.717, 1.165) is 17.7 Å². The molecule has 0 bridgehead atoms. The maximum absolute atomic E-state index is 12.7. The smallest absolute Gasteiger partial charge is 0.166 e. The average Bonchev–Trinajstić information content (AvgIpc) is 2.72. The molecule has 3 aromatic rings. The van der Waals surface area contributed by atoms with Crippen LogP contribution in [0, 0.1) is 5.92 Å². The lowest BCUT2D eigenvalue weighted by molar-refractivity contribution is 0.0545. The second-order valence-electron chi connectivity index (χ2n) is 6.45. The Morgan fingerprint density at radius 1 is 0.923 bits per heavy atom. The van der Waals surface area contributed by atoms with Gasteiger partial charge in [0.05, 0.1) is 12.0 Å². The molecule has 4 heteroatoms. The Balaban J connectivity index is 1.45. The second kappa shape index (κ2) is 7.94. The highest BCUT2D eigenvalue weighted by molar-refractivity contribution is 7.95. The van der Waals surface area contributed by atoms with E-state index in [0.29, 0.717) is 24.5 Å². The van der Waals surface area contributed by atoms with Crippen molar-refractivity contribution in [1.82, 2.24) is 0 Å². The summed E-state index contributed by atoms with van der Waals surface area (Å²) in [5.41, 5.74) is 0.716.